The van der Waals surface area contributed by atoms with Gasteiger partial charge in [0, 0.05) is 20.1 Å². The van der Waals surface area contributed by atoms with Gasteiger partial charge in [-0.05, 0) is 60.7 Å². The van der Waals surface area contributed by atoms with Crippen LogP contribution in [0.5, 0.6) is 5.75 Å². The van der Waals surface area contributed by atoms with Gasteiger partial charge in [-0.2, -0.15) is 0 Å². The molecule has 0 spiro atoms. The fourth-order valence-corrected chi connectivity index (χ4v) is 3.24. The molecule has 1 heterocycles. The van der Waals surface area contributed by atoms with Gasteiger partial charge in [0.05, 0.1) is 5.56 Å². The van der Waals surface area contributed by atoms with Crippen molar-refractivity contribution in [3.05, 3.63) is 104 Å². The highest BCUT2D eigenvalue weighted by Gasteiger charge is 2.24. The molecule has 30 heavy (non-hydrogen) atoms. The molecule has 0 unspecified atom stereocenters. The number of ether oxygens (including phenoxy) is 2. The topological polar surface area (TPSA) is 65.0 Å². The molecule has 1 aliphatic heterocycles. The van der Waals surface area contributed by atoms with E-state index in [4.69, 9.17) is 9.47 Å². The van der Waals surface area contributed by atoms with E-state index in [2.05, 4.69) is 36.9 Å². The maximum Gasteiger partial charge on any atom is 0.363 e. The molecule has 0 aromatic heterocycles. The minimum absolute atomic E-state index is 0.125. The molecule has 0 fully saturated rings. The Bertz CT molecular complexity index is 1180. The molecule has 0 saturated carbocycles. The highest BCUT2D eigenvalue weighted by Crippen LogP contribution is 2.26. The summed E-state index contributed by atoms with van der Waals surface area (Å²) in [6, 6.07) is 21.0. The highest BCUT2D eigenvalue weighted by molar-refractivity contribution is 9.10. The third-order valence-electron chi connectivity index (χ3n) is 4.21. The van der Waals surface area contributed by atoms with Crippen LogP contribution in [0.4, 0.5) is 0 Å². The number of carbonyl (C=O) groups excluding carboxylic acids is 2. The number of cyclic esters (lactones) is 1. The smallest absolute Gasteiger partial charge is 0.363 e. The first-order valence-electron chi connectivity index (χ1n) is 8.85. The van der Waals surface area contributed by atoms with E-state index in [-0.39, 0.29) is 11.6 Å². The average molecular weight is 527 g/mol. The van der Waals surface area contributed by atoms with Crippen LogP contribution >= 0.6 is 31.9 Å². The Morgan fingerprint density at radius 3 is 2.23 bits per heavy atom. The van der Waals surface area contributed by atoms with Crippen LogP contribution in [0.2, 0.25) is 0 Å². The van der Waals surface area contributed by atoms with Gasteiger partial charge in [-0.15, -0.1) is 0 Å². The van der Waals surface area contributed by atoms with E-state index in [1.54, 1.807) is 66.7 Å². The van der Waals surface area contributed by atoms with Gasteiger partial charge in [0.25, 0.3) is 0 Å². The molecule has 0 saturated heterocycles. The van der Waals surface area contributed by atoms with Crippen molar-refractivity contribution in [1.29, 1.82) is 0 Å². The summed E-state index contributed by atoms with van der Waals surface area (Å²) in [7, 11) is 0. The number of hydrogen-bond donors (Lipinski definition) is 0. The van der Waals surface area contributed by atoms with Gasteiger partial charge < -0.3 is 9.47 Å². The molecule has 4 rings (SSSR count). The molecule has 0 aliphatic carbocycles. The maximum absolute atomic E-state index is 12.5. The fourth-order valence-electron chi connectivity index (χ4n) is 2.71. The lowest BCUT2D eigenvalue weighted by molar-refractivity contribution is -0.129. The first-order valence-corrected chi connectivity index (χ1v) is 10.4. The second-order valence-electron chi connectivity index (χ2n) is 6.28. The van der Waals surface area contributed by atoms with E-state index < -0.39 is 11.9 Å². The number of halogens is 2. The Kier molecular flexibility index (Phi) is 5.92. The van der Waals surface area contributed by atoms with Crippen molar-refractivity contribution >= 4 is 55.8 Å². The molecular weight excluding hydrogens is 514 g/mol. The van der Waals surface area contributed by atoms with Gasteiger partial charge in [-0.1, -0.05) is 50.1 Å². The summed E-state index contributed by atoms with van der Waals surface area (Å²) in [5, 5.41) is 0. The second-order valence-corrected chi connectivity index (χ2v) is 8.11. The van der Waals surface area contributed by atoms with Crippen molar-refractivity contribution < 1.29 is 19.1 Å². The van der Waals surface area contributed by atoms with Crippen LogP contribution in [0.25, 0.3) is 6.08 Å². The SMILES string of the molecule is O=C1OC(c2ccc(Br)cc2)=N/C1=C/c1ccccc1OC(=O)c1ccc(Br)cc1. The molecule has 1 aliphatic rings. The van der Waals surface area contributed by atoms with Crippen LogP contribution in [0.1, 0.15) is 21.5 Å². The van der Waals surface area contributed by atoms with Gasteiger partial charge in [0.2, 0.25) is 5.90 Å². The van der Waals surface area contributed by atoms with E-state index >= 15 is 0 Å². The van der Waals surface area contributed by atoms with Crippen molar-refractivity contribution in [2.75, 3.05) is 0 Å². The Labute approximate surface area is 189 Å². The third kappa shape index (κ3) is 4.58. The molecule has 0 bridgehead atoms. The normalized spacial score (nSPS) is 14.4. The van der Waals surface area contributed by atoms with E-state index in [0.29, 0.717) is 22.4 Å². The van der Waals surface area contributed by atoms with Crippen LogP contribution in [-0.4, -0.2) is 17.8 Å². The number of rotatable bonds is 4. The molecule has 3 aromatic rings. The van der Waals surface area contributed by atoms with E-state index in [9.17, 15) is 9.59 Å². The lowest BCUT2D eigenvalue weighted by Crippen LogP contribution is -2.09. The molecule has 0 radical (unpaired) electrons. The number of benzene rings is 3. The maximum atomic E-state index is 12.5. The molecule has 5 nitrogen and oxygen atoms in total. The van der Waals surface area contributed by atoms with Crippen LogP contribution in [0.3, 0.4) is 0 Å². The molecule has 3 aromatic carbocycles. The van der Waals surface area contributed by atoms with Gasteiger partial charge in [0.15, 0.2) is 5.70 Å². The summed E-state index contributed by atoms with van der Waals surface area (Å²) < 4.78 is 12.6. The summed E-state index contributed by atoms with van der Waals surface area (Å²) in [6.45, 7) is 0. The van der Waals surface area contributed by atoms with Gasteiger partial charge >= 0.3 is 11.9 Å². The van der Waals surface area contributed by atoms with Gasteiger partial charge in [0.1, 0.15) is 5.75 Å². The number of hydrogen-bond acceptors (Lipinski definition) is 5. The molecular formula is C23H13Br2NO4. The van der Waals surface area contributed by atoms with Crippen molar-refractivity contribution in [2.45, 2.75) is 0 Å². The summed E-state index contributed by atoms with van der Waals surface area (Å²) >= 11 is 6.70. The lowest BCUT2D eigenvalue weighted by Gasteiger charge is -2.07. The summed E-state index contributed by atoms with van der Waals surface area (Å²) in [5.41, 5.74) is 1.76. The standard InChI is InChI=1S/C23H13Br2NO4/c24-17-9-5-14(6-10-17)21-26-19(23(28)30-21)13-16-3-1-2-4-20(16)29-22(27)15-7-11-18(25)12-8-15/h1-13H/b19-13+. The van der Waals surface area contributed by atoms with Crippen LogP contribution in [0.15, 0.2) is 92.4 Å². The van der Waals surface area contributed by atoms with E-state index in [1.165, 1.54) is 0 Å². The first kappa shape index (κ1) is 20.3. The zero-order chi connectivity index (χ0) is 21.1. The molecule has 0 amide bonds. The first-order chi connectivity index (χ1) is 14.5. The van der Waals surface area contributed by atoms with Crippen LogP contribution in [-0.2, 0) is 9.53 Å². The number of esters is 2. The van der Waals surface area contributed by atoms with Gasteiger partial charge in [-0.25, -0.2) is 14.6 Å². The third-order valence-corrected chi connectivity index (χ3v) is 5.26. The number of nitrogens with zero attached hydrogens (tertiary/aromatic N) is 1. The largest absolute Gasteiger partial charge is 0.422 e. The van der Waals surface area contributed by atoms with Crippen molar-refractivity contribution in [1.82, 2.24) is 0 Å². The van der Waals surface area contributed by atoms with Crippen LogP contribution in [0, 0.1) is 0 Å². The molecule has 0 N–H and O–H groups in total. The summed E-state index contributed by atoms with van der Waals surface area (Å²) in [6.07, 6.45) is 1.54. The van der Waals surface area contributed by atoms with Crippen molar-refractivity contribution in [2.24, 2.45) is 4.99 Å². The van der Waals surface area contributed by atoms with Crippen molar-refractivity contribution in [3.8, 4) is 5.75 Å². The molecule has 148 valence electrons. The molecule has 7 heteroatoms. The molecule has 0 atom stereocenters. The number of carbonyl (C=O) groups is 2. The Balaban J connectivity index is 1.61. The highest BCUT2D eigenvalue weighted by atomic mass is 79.9. The van der Waals surface area contributed by atoms with Gasteiger partial charge in [-0.3, -0.25) is 0 Å². The predicted molar refractivity (Wildman–Crippen MR) is 120 cm³/mol. The number of para-hydroxylation sites is 1. The monoisotopic (exact) mass is 525 g/mol. The second kappa shape index (κ2) is 8.77. The van der Waals surface area contributed by atoms with Crippen LogP contribution < -0.4 is 4.74 Å². The lowest BCUT2D eigenvalue weighted by atomic mass is 10.1. The summed E-state index contributed by atoms with van der Waals surface area (Å²) in [5.74, 6) is -0.524. The zero-order valence-electron chi connectivity index (χ0n) is 15.3. The minimum Gasteiger partial charge on any atom is -0.422 e. The van der Waals surface area contributed by atoms with E-state index in [0.717, 1.165) is 8.95 Å². The Morgan fingerprint density at radius 1 is 0.900 bits per heavy atom. The predicted octanol–water partition coefficient (Wildman–Crippen LogP) is 5.78. The minimum atomic E-state index is -0.568. The Morgan fingerprint density at radius 2 is 1.53 bits per heavy atom. The van der Waals surface area contributed by atoms with Crippen molar-refractivity contribution in [3.63, 3.8) is 0 Å². The summed E-state index contributed by atoms with van der Waals surface area (Å²) in [4.78, 5) is 29.0. The quantitative estimate of drug-likeness (QED) is 0.246. The Hall–Kier alpha value is -3.03. The van der Waals surface area contributed by atoms with E-state index in [1.807, 2.05) is 12.1 Å². The fraction of sp³-hybridized carbons (Fsp3) is 0. The average Bonchev–Trinajstić information content (AvgIpc) is 3.10. The zero-order valence-corrected chi connectivity index (χ0v) is 18.5. The number of aliphatic imine (C=N–C) groups is 1.